The zero-order valence-electron chi connectivity index (χ0n) is 24.0. The third-order valence-corrected chi connectivity index (χ3v) is 9.94. The number of nitrogens with two attached hydrogens (primary N) is 1. The average Bonchev–Trinajstić information content (AvgIpc) is 3.66. The lowest BCUT2D eigenvalue weighted by Gasteiger charge is -2.47. The molecule has 3 saturated heterocycles. The monoisotopic (exact) mass is 589 g/mol. The lowest BCUT2D eigenvalue weighted by molar-refractivity contribution is -0.158. The van der Waals surface area contributed by atoms with Crippen molar-refractivity contribution < 1.29 is 24.3 Å². The molecule has 0 aliphatic carbocycles. The van der Waals surface area contributed by atoms with Crippen LogP contribution in [0.4, 0.5) is 0 Å². The van der Waals surface area contributed by atoms with Crippen molar-refractivity contribution in [2.45, 2.75) is 88.8 Å². The van der Waals surface area contributed by atoms with Crippen molar-refractivity contribution in [3.63, 3.8) is 0 Å². The minimum Gasteiger partial charge on any atom is -0.477 e. The average molecular weight is 590 g/mol. The number of amides is 3. The molecule has 5 N–H and O–H groups in total. The molecule has 0 saturated carbocycles. The fourth-order valence-corrected chi connectivity index (χ4v) is 7.92. The molecule has 4 aliphatic heterocycles. The largest absolute Gasteiger partial charge is 0.477 e. The van der Waals surface area contributed by atoms with Gasteiger partial charge in [-0.15, -0.1) is 16.9 Å². The highest BCUT2D eigenvalue weighted by Gasteiger charge is 2.60. The van der Waals surface area contributed by atoms with Crippen LogP contribution in [0.25, 0.3) is 0 Å². The number of carboxylic acids is 1. The van der Waals surface area contributed by atoms with Crippen LogP contribution in [0.2, 0.25) is 0 Å². The third-order valence-electron chi connectivity index (χ3n) is 8.43. The zero-order valence-corrected chi connectivity index (χ0v) is 24.8. The highest BCUT2D eigenvalue weighted by atomic mass is 32.2. The maximum Gasteiger partial charge on any atom is 0.353 e. The number of likely N-dealkylation sites (tertiary alicyclic amines) is 1. The number of hydrogen-bond donors (Lipinski definition) is 4. The summed E-state index contributed by atoms with van der Waals surface area (Å²) in [5.74, 6) is -1.99. The third kappa shape index (κ3) is 5.46. The van der Waals surface area contributed by atoms with Crippen LogP contribution in [-0.2, 0) is 31.1 Å². The van der Waals surface area contributed by atoms with E-state index < -0.39 is 17.9 Å². The highest BCUT2D eigenvalue weighted by molar-refractivity contribution is 8.03. The number of β-lactam (4-membered cyclic amide) rings is 1. The quantitative estimate of drug-likeness (QED) is 0.280. The van der Waals surface area contributed by atoms with E-state index in [0.717, 1.165) is 6.42 Å². The van der Waals surface area contributed by atoms with Gasteiger partial charge in [0.15, 0.2) is 5.82 Å². The SMILES string of the molecule is CC(NC(=O)Cn1nnnc1C(C)(C)C)[C@H]1C(=O)N2C(C(=O)O)=C(S[C@@H]3CN[C@H](C(=O)N4CC[C@@H](N)C4)C3)[C@H](C)[C@H]12. The van der Waals surface area contributed by atoms with Crippen molar-refractivity contribution in [2.75, 3.05) is 19.6 Å². The molecule has 0 radical (unpaired) electrons. The lowest BCUT2D eigenvalue weighted by Crippen LogP contribution is -2.66. The Bertz CT molecular complexity index is 1280. The molecule has 15 heteroatoms. The molecule has 3 fully saturated rings. The Morgan fingerprint density at radius 2 is 2.02 bits per heavy atom. The number of nitrogens with one attached hydrogen (secondary N) is 2. The molecule has 41 heavy (non-hydrogen) atoms. The van der Waals surface area contributed by atoms with Gasteiger partial charge in [-0.3, -0.25) is 14.4 Å². The van der Waals surface area contributed by atoms with Gasteiger partial charge in [-0.2, -0.15) is 0 Å². The molecule has 5 heterocycles. The van der Waals surface area contributed by atoms with E-state index >= 15 is 0 Å². The van der Waals surface area contributed by atoms with Crippen LogP contribution in [0, 0.1) is 11.8 Å². The summed E-state index contributed by atoms with van der Waals surface area (Å²) in [5.41, 5.74) is 5.62. The van der Waals surface area contributed by atoms with Gasteiger partial charge < -0.3 is 31.3 Å². The van der Waals surface area contributed by atoms with Crippen LogP contribution in [0.3, 0.4) is 0 Å². The molecule has 0 spiro atoms. The van der Waals surface area contributed by atoms with E-state index in [9.17, 15) is 24.3 Å². The molecule has 224 valence electrons. The Kier molecular flexibility index (Phi) is 7.89. The Morgan fingerprint density at radius 3 is 2.66 bits per heavy atom. The van der Waals surface area contributed by atoms with Crippen molar-refractivity contribution in [1.29, 1.82) is 0 Å². The number of carbonyl (C=O) groups is 4. The summed E-state index contributed by atoms with van der Waals surface area (Å²) in [6.45, 7) is 11.2. The molecule has 4 aliphatic rings. The van der Waals surface area contributed by atoms with E-state index in [2.05, 4.69) is 26.2 Å². The zero-order chi connectivity index (χ0) is 29.8. The van der Waals surface area contributed by atoms with Crippen LogP contribution in [0.5, 0.6) is 0 Å². The number of tetrazole rings is 1. The molecule has 0 aromatic carbocycles. The molecule has 1 aromatic heterocycles. The van der Waals surface area contributed by atoms with Gasteiger partial charge in [-0.1, -0.05) is 27.7 Å². The lowest BCUT2D eigenvalue weighted by atomic mass is 9.78. The molecule has 5 rings (SSSR count). The minimum atomic E-state index is -1.15. The van der Waals surface area contributed by atoms with Gasteiger partial charge in [0.05, 0.1) is 18.0 Å². The summed E-state index contributed by atoms with van der Waals surface area (Å²) in [5, 5.41) is 27.9. The normalized spacial score (nSPS) is 30.4. The van der Waals surface area contributed by atoms with Crippen LogP contribution < -0.4 is 16.4 Å². The number of nitrogens with zero attached hydrogens (tertiary/aromatic N) is 6. The highest BCUT2D eigenvalue weighted by Crippen LogP contribution is 2.51. The van der Waals surface area contributed by atoms with Crippen molar-refractivity contribution in [2.24, 2.45) is 17.6 Å². The van der Waals surface area contributed by atoms with Crippen molar-refractivity contribution in [3.05, 3.63) is 16.4 Å². The number of hydrogen-bond acceptors (Lipinski definition) is 10. The summed E-state index contributed by atoms with van der Waals surface area (Å²) in [6.07, 6.45) is 1.37. The number of aliphatic carboxylic acids is 1. The number of carbonyl (C=O) groups excluding carboxylic acids is 3. The Morgan fingerprint density at radius 1 is 1.29 bits per heavy atom. The van der Waals surface area contributed by atoms with Gasteiger partial charge >= 0.3 is 5.97 Å². The number of carboxylic acid groups (broad SMARTS) is 1. The summed E-state index contributed by atoms with van der Waals surface area (Å²) in [7, 11) is 0. The predicted molar refractivity (Wildman–Crippen MR) is 149 cm³/mol. The number of fused-ring (bicyclic) bond motifs is 1. The molecule has 1 aromatic rings. The minimum absolute atomic E-state index is 0.00953. The molecular formula is C26H39N9O5S. The van der Waals surface area contributed by atoms with E-state index in [1.807, 2.05) is 27.7 Å². The molecular weight excluding hydrogens is 550 g/mol. The molecule has 1 unspecified atom stereocenters. The fraction of sp³-hybridized carbons (Fsp3) is 0.731. The van der Waals surface area contributed by atoms with Gasteiger partial charge in [-0.25, -0.2) is 9.48 Å². The van der Waals surface area contributed by atoms with Gasteiger partial charge in [-0.05, 0) is 30.2 Å². The second kappa shape index (κ2) is 11.0. The Balaban J connectivity index is 1.23. The van der Waals surface area contributed by atoms with Gasteiger partial charge in [0.25, 0.3) is 0 Å². The number of thioether (sulfide) groups is 1. The maximum absolute atomic E-state index is 13.3. The van der Waals surface area contributed by atoms with Crippen LogP contribution in [0.1, 0.15) is 53.3 Å². The topological polar surface area (TPSA) is 189 Å². The first-order chi connectivity index (χ1) is 19.3. The van der Waals surface area contributed by atoms with Crippen LogP contribution >= 0.6 is 11.8 Å². The number of aromatic nitrogens is 4. The van der Waals surface area contributed by atoms with Crippen LogP contribution in [0.15, 0.2) is 10.6 Å². The van der Waals surface area contributed by atoms with Gasteiger partial charge in [0.2, 0.25) is 17.7 Å². The molecule has 7 atom stereocenters. The van der Waals surface area contributed by atoms with E-state index in [-0.39, 0.29) is 64.7 Å². The summed E-state index contributed by atoms with van der Waals surface area (Å²) < 4.78 is 1.44. The Labute approximate surface area is 242 Å². The summed E-state index contributed by atoms with van der Waals surface area (Å²) >= 11 is 1.44. The first kappa shape index (κ1) is 29.5. The second-order valence-electron chi connectivity index (χ2n) is 12.6. The molecule has 0 bridgehead atoms. The van der Waals surface area contributed by atoms with Crippen LogP contribution in [-0.4, -0.2) is 108 Å². The first-order valence-electron chi connectivity index (χ1n) is 14.1. The predicted octanol–water partition coefficient (Wildman–Crippen LogP) is -0.728. The first-order valence-corrected chi connectivity index (χ1v) is 15.0. The molecule has 3 amide bonds. The van der Waals surface area contributed by atoms with E-state index in [1.165, 1.54) is 21.3 Å². The number of rotatable bonds is 8. The summed E-state index contributed by atoms with van der Waals surface area (Å²) in [4.78, 5) is 55.3. The van der Waals surface area contributed by atoms with Crippen molar-refractivity contribution >= 4 is 35.5 Å². The Hall–Kier alpha value is -3.04. The standard InChI is InChI=1S/C26H39N9O5S/c1-12-19-18(13(2)29-17(36)11-34-25(26(3,4)5)30-31-32-34)23(38)35(19)20(24(39)40)21(12)41-15-8-16(28-9-15)22(37)33-7-6-14(27)10-33/h12-16,18-19,28H,6-11,27H2,1-5H3,(H,29,36)(H,39,40)/t12-,13?,14-,15+,16+,18-,19-/m1/s1. The van der Waals surface area contributed by atoms with Crippen molar-refractivity contribution in [3.8, 4) is 0 Å². The second-order valence-corrected chi connectivity index (χ2v) is 13.9. The smallest absolute Gasteiger partial charge is 0.353 e. The van der Waals surface area contributed by atoms with Crippen molar-refractivity contribution in [1.82, 2.24) is 40.6 Å². The summed E-state index contributed by atoms with van der Waals surface area (Å²) in [6, 6.07) is -1.21. The van der Waals surface area contributed by atoms with E-state index in [0.29, 0.717) is 36.8 Å². The van der Waals surface area contributed by atoms with E-state index in [1.54, 1.807) is 11.8 Å². The van der Waals surface area contributed by atoms with Gasteiger partial charge in [0, 0.05) is 53.2 Å². The maximum atomic E-state index is 13.3. The van der Waals surface area contributed by atoms with Gasteiger partial charge in [0.1, 0.15) is 12.2 Å². The fourth-order valence-electron chi connectivity index (χ4n) is 6.44. The van der Waals surface area contributed by atoms with E-state index in [4.69, 9.17) is 5.73 Å². The molecule has 14 nitrogen and oxygen atoms in total.